The standard InChI is InChI=1S/C23H18ClFN2O3S/c1-14-2-8-19(18(24)10-14)26-23(29)16-5-9-21-20(11-16)27(22(28)13-31(21)30)12-15-3-6-17(25)7-4-15/h2-11H,12-13H2,1H3,(H,26,29)/t31-/m1/s1. The van der Waals surface area contributed by atoms with Crippen LogP contribution in [0.4, 0.5) is 15.8 Å². The molecule has 0 unspecified atom stereocenters. The van der Waals surface area contributed by atoms with E-state index >= 15 is 0 Å². The lowest BCUT2D eigenvalue weighted by Gasteiger charge is -2.29. The minimum Gasteiger partial charge on any atom is -0.321 e. The van der Waals surface area contributed by atoms with Gasteiger partial charge in [0.2, 0.25) is 5.91 Å². The van der Waals surface area contributed by atoms with Crippen LogP contribution in [0.1, 0.15) is 21.5 Å². The number of carbonyl (C=O) groups is 2. The summed E-state index contributed by atoms with van der Waals surface area (Å²) in [6, 6.07) is 15.8. The Morgan fingerprint density at radius 3 is 2.58 bits per heavy atom. The molecule has 1 atom stereocenters. The van der Waals surface area contributed by atoms with Gasteiger partial charge in [0, 0.05) is 5.56 Å². The second kappa shape index (κ2) is 8.61. The summed E-state index contributed by atoms with van der Waals surface area (Å²) in [6.07, 6.45) is 0. The lowest BCUT2D eigenvalue weighted by Crippen LogP contribution is -2.38. The van der Waals surface area contributed by atoms with Gasteiger partial charge in [0.05, 0.1) is 38.6 Å². The first-order valence-corrected chi connectivity index (χ1v) is 11.2. The summed E-state index contributed by atoms with van der Waals surface area (Å²) in [7, 11) is -1.50. The Morgan fingerprint density at radius 2 is 1.87 bits per heavy atom. The van der Waals surface area contributed by atoms with E-state index in [0.717, 1.165) is 11.1 Å². The average Bonchev–Trinajstić information content (AvgIpc) is 2.74. The first-order chi connectivity index (χ1) is 14.8. The number of amides is 2. The Kier molecular flexibility index (Phi) is 5.89. The van der Waals surface area contributed by atoms with Gasteiger partial charge in [0.25, 0.3) is 5.91 Å². The largest absolute Gasteiger partial charge is 0.321 e. The van der Waals surface area contributed by atoms with Crippen molar-refractivity contribution in [2.75, 3.05) is 16.0 Å². The number of halogens is 2. The summed E-state index contributed by atoms with van der Waals surface area (Å²) in [6.45, 7) is 2.08. The fraction of sp³-hybridized carbons (Fsp3) is 0.130. The van der Waals surface area contributed by atoms with Gasteiger partial charge < -0.3 is 10.2 Å². The summed E-state index contributed by atoms with van der Waals surface area (Å²) >= 11 is 6.20. The van der Waals surface area contributed by atoms with Crippen LogP contribution in [0.3, 0.4) is 0 Å². The number of benzene rings is 3. The number of anilines is 2. The van der Waals surface area contributed by atoms with Gasteiger partial charge >= 0.3 is 0 Å². The van der Waals surface area contributed by atoms with E-state index in [1.165, 1.54) is 17.0 Å². The number of nitrogens with zero attached hydrogens (tertiary/aromatic N) is 1. The summed E-state index contributed by atoms with van der Waals surface area (Å²) in [4.78, 5) is 27.4. The number of hydrogen-bond acceptors (Lipinski definition) is 3. The quantitative estimate of drug-likeness (QED) is 0.619. The zero-order valence-electron chi connectivity index (χ0n) is 16.5. The van der Waals surface area contributed by atoms with Crippen LogP contribution in [0, 0.1) is 12.7 Å². The third-order valence-electron chi connectivity index (χ3n) is 4.94. The van der Waals surface area contributed by atoms with Crippen LogP contribution in [-0.4, -0.2) is 21.8 Å². The highest BCUT2D eigenvalue weighted by molar-refractivity contribution is 7.86. The highest BCUT2D eigenvalue weighted by atomic mass is 35.5. The normalized spacial score (nSPS) is 15.5. The molecule has 1 heterocycles. The lowest BCUT2D eigenvalue weighted by atomic mass is 10.1. The first kappa shape index (κ1) is 21.2. The molecule has 2 amide bonds. The molecule has 0 aromatic heterocycles. The molecule has 1 aliphatic rings. The Bertz CT molecular complexity index is 1210. The molecule has 0 aliphatic carbocycles. The van der Waals surface area contributed by atoms with E-state index in [0.29, 0.717) is 26.9 Å². The molecule has 0 bridgehead atoms. The van der Waals surface area contributed by atoms with Crippen molar-refractivity contribution in [1.29, 1.82) is 0 Å². The summed E-state index contributed by atoms with van der Waals surface area (Å²) in [5.74, 6) is -1.24. The molecular weight excluding hydrogens is 439 g/mol. The Balaban J connectivity index is 1.66. The minimum absolute atomic E-state index is 0.140. The monoisotopic (exact) mass is 456 g/mol. The van der Waals surface area contributed by atoms with E-state index in [9.17, 15) is 18.2 Å². The van der Waals surface area contributed by atoms with Gasteiger partial charge in [-0.25, -0.2) is 4.39 Å². The highest BCUT2D eigenvalue weighted by Gasteiger charge is 2.30. The predicted molar refractivity (Wildman–Crippen MR) is 119 cm³/mol. The third kappa shape index (κ3) is 4.52. The lowest BCUT2D eigenvalue weighted by molar-refractivity contribution is -0.116. The van der Waals surface area contributed by atoms with Crippen molar-refractivity contribution in [2.24, 2.45) is 0 Å². The number of rotatable bonds is 4. The predicted octanol–water partition coefficient (Wildman–Crippen LogP) is 4.69. The van der Waals surface area contributed by atoms with Gasteiger partial charge in [-0.3, -0.25) is 13.8 Å². The number of carbonyl (C=O) groups excluding carboxylic acids is 2. The second-order valence-electron chi connectivity index (χ2n) is 7.22. The van der Waals surface area contributed by atoms with E-state index in [4.69, 9.17) is 11.6 Å². The molecule has 0 saturated heterocycles. The van der Waals surface area contributed by atoms with Crippen LogP contribution >= 0.6 is 11.6 Å². The molecule has 5 nitrogen and oxygen atoms in total. The zero-order chi connectivity index (χ0) is 22.1. The molecule has 0 spiro atoms. The van der Waals surface area contributed by atoms with E-state index in [1.807, 2.05) is 13.0 Å². The fourth-order valence-electron chi connectivity index (χ4n) is 3.33. The van der Waals surface area contributed by atoms with Crippen molar-refractivity contribution in [1.82, 2.24) is 0 Å². The molecule has 3 aromatic rings. The van der Waals surface area contributed by atoms with Crippen molar-refractivity contribution in [3.05, 3.63) is 88.2 Å². The topological polar surface area (TPSA) is 66.5 Å². The smallest absolute Gasteiger partial charge is 0.255 e. The van der Waals surface area contributed by atoms with Crippen molar-refractivity contribution < 1.29 is 18.2 Å². The SMILES string of the molecule is Cc1ccc(NC(=O)c2ccc3c(c2)N(Cc2ccc(F)cc2)C(=O)C[S@]3=O)c(Cl)c1. The maximum absolute atomic E-state index is 13.2. The molecule has 0 saturated carbocycles. The molecule has 1 aliphatic heterocycles. The Labute approximate surface area is 186 Å². The number of fused-ring (bicyclic) bond motifs is 1. The Morgan fingerprint density at radius 1 is 1.13 bits per heavy atom. The van der Waals surface area contributed by atoms with Crippen LogP contribution in [0.25, 0.3) is 0 Å². The van der Waals surface area contributed by atoms with Crippen LogP contribution in [0.15, 0.2) is 65.6 Å². The van der Waals surface area contributed by atoms with E-state index < -0.39 is 16.7 Å². The number of nitrogens with one attached hydrogen (secondary N) is 1. The summed E-state index contributed by atoms with van der Waals surface area (Å²) in [5, 5.41) is 3.18. The molecule has 3 aromatic carbocycles. The minimum atomic E-state index is -1.50. The van der Waals surface area contributed by atoms with Crippen molar-refractivity contribution in [2.45, 2.75) is 18.4 Å². The molecule has 31 heavy (non-hydrogen) atoms. The number of hydrogen-bond donors (Lipinski definition) is 1. The summed E-state index contributed by atoms with van der Waals surface area (Å²) in [5.41, 5.74) is 2.86. The first-order valence-electron chi connectivity index (χ1n) is 9.46. The zero-order valence-corrected chi connectivity index (χ0v) is 18.1. The maximum Gasteiger partial charge on any atom is 0.255 e. The van der Waals surface area contributed by atoms with E-state index in [2.05, 4.69) is 5.32 Å². The molecule has 4 rings (SSSR count). The van der Waals surface area contributed by atoms with Gasteiger partial charge in [-0.1, -0.05) is 29.8 Å². The molecular formula is C23H18ClFN2O3S. The van der Waals surface area contributed by atoms with E-state index in [1.54, 1.807) is 42.5 Å². The fourth-order valence-corrected chi connectivity index (χ4v) is 4.77. The molecule has 0 radical (unpaired) electrons. The van der Waals surface area contributed by atoms with Crippen LogP contribution in [0.5, 0.6) is 0 Å². The van der Waals surface area contributed by atoms with Crippen LogP contribution in [-0.2, 0) is 22.1 Å². The number of aryl methyl sites for hydroxylation is 1. The summed E-state index contributed by atoms with van der Waals surface area (Å²) < 4.78 is 25.7. The van der Waals surface area contributed by atoms with Gasteiger partial charge in [0.1, 0.15) is 11.6 Å². The van der Waals surface area contributed by atoms with Crippen molar-refractivity contribution >= 4 is 45.6 Å². The maximum atomic E-state index is 13.2. The highest BCUT2D eigenvalue weighted by Crippen LogP contribution is 2.32. The van der Waals surface area contributed by atoms with Crippen molar-refractivity contribution in [3.8, 4) is 0 Å². The third-order valence-corrected chi connectivity index (χ3v) is 6.60. The average molecular weight is 457 g/mol. The molecule has 0 fully saturated rings. The van der Waals surface area contributed by atoms with Gasteiger partial charge in [-0.2, -0.15) is 0 Å². The van der Waals surface area contributed by atoms with Gasteiger partial charge in [-0.15, -0.1) is 0 Å². The Hall–Kier alpha value is -3.03. The van der Waals surface area contributed by atoms with Crippen LogP contribution in [0.2, 0.25) is 5.02 Å². The van der Waals surface area contributed by atoms with Gasteiger partial charge in [0.15, 0.2) is 0 Å². The molecule has 8 heteroatoms. The molecule has 1 N–H and O–H groups in total. The van der Waals surface area contributed by atoms with Crippen LogP contribution < -0.4 is 10.2 Å². The van der Waals surface area contributed by atoms with Gasteiger partial charge in [-0.05, 0) is 60.5 Å². The molecule has 158 valence electrons. The second-order valence-corrected chi connectivity index (χ2v) is 9.04. The van der Waals surface area contributed by atoms with E-state index in [-0.39, 0.29) is 24.0 Å². The van der Waals surface area contributed by atoms with Crippen molar-refractivity contribution in [3.63, 3.8) is 0 Å².